The molecule has 0 aromatic carbocycles. The Bertz CT molecular complexity index is 718. The maximum atomic E-state index is 13.1. The van der Waals surface area contributed by atoms with Crippen LogP contribution in [0.15, 0.2) is 10.6 Å². The van der Waals surface area contributed by atoms with Gasteiger partial charge in [0.05, 0.1) is 5.69 Å². The molecule has 0 unspecified atom stereocenters. The molecule has 1 saturated heterocycles. The number of piperidine rings is 1. The van der Waals surface area contributed by atoms with Crippen molar-refractivity contribution in [3.05, 3.63) is 29.2 Å². The molecule has 1 fully saturated rings. The van der Waals surface area contributed by atoms with Gasteiger partial charge in [-0.1, -0.05) is 19.0 Å². The zero-order chi connectivity index (χ0) is 17.3. The van der Waals surface area contributed by atoms with Gasteiger partial charge in [-0.05, 0) is 44.6 Å². The Morgan fingerprint density at radius 2 is 2.21 bits per heavy atom. The molecular formula is C17H25N5O2. The van der Waals surface area contributed by atoms with Gasteiger partial charge in [0.15, 0.2) is 5.82 Å². The summed E-state index contributed by atoms with van der Waals surface area (Å²) >= 11 is 0. The van der Waals surface area contributed by atoms with Crippen LogP contribution < -0.4 is 0 Å². The van der Waals surface area contributed by atoms with Crippen LogP contribution in [-0.4, -0.2) is 37.3 Å². The van der Waals surface area contributed by atoms with Crippen LogP contribution in [0, 0.1) is 12.8 Å². The summed E-state index contributed by atoms with van der Waals surface area (Å²) in [4.78, 5) is 19.3. The highest BCUT2D eigenvalue weighted by molar-refractivity contribution is 5.93. The lowest BCUT2D eigenvalue weighted by atomic mass is 10.0. The van der Waals surface area contributed by atoms with Crippen molar-refractivity contribution in [1.29, 1.82) is 0 Å². The standard InChI is InChI=1S/C17H25N5O2/c1-11(2)9-13-10-15(21(4)19-13)17(23)22-8-6-5-7-14(22)16-18-12(3)20-24-16/h10-11,14H,5-9H2,1-4H3/t14-/m1/s1. The number of carbonyl (C=O) groups excluding carboxylic acids is 1. The van der Waals surface area contributed by atoms with E-state index in [1.807, 2.05) is 18.0 Å². The maximum absolute atomic E-state index is 13.1. The molecule has 0 aliphatic carbocycles. The van der Waals surface area contributed by atoms with E-state index in [4.69, 9.17) is 4.52 Å². The second kappa shape index (κ2) is 6.75. The molecule has 0 N–H and O–H groups in total. The summed E-state index contributed by atoms with van der Waals surface area (Å²) in [5.41, 5.74) is 1.58. The van der Waals surface area contributed by atoms with Crippen LogP contribution >= 0.6 is 0 Å². The summed E-state index contributed by atoms with van der Waals surface area (Å²) in [6.45, 7) is 6.79. The number of carbonyl (C=O) groups is 1. The van der Waals surface area contributed by atoms with Crippen LogP contribution in [0.4, 0.5) is 0 Å². The van der Waals surface area contributed by atoms with Crippen molar-refractivity contribution < 1.29 is 9.32 Å². The predicted molar refractivity (Wildman–Crippen MR) is 88.4 cm³/mol. The van der Waals surface area contributed by atoms with Gasteiger partial charge in [-0.15, -0.1) is 0 Å². The molecule has 0 saturated carbocycles. The van der Waals surface area contributed by atoms with Crippen molar-refractivity contribution in [2.75, 3.05) is 6.54 Å². The van der Waals surface area contributed by atoms with Crippen LogP contribution in [-0.2, 0) is 13.5 Å². The molecule has 7 nitrogen and oxygen atoms in total. The molecule has 2 aromatic rings. The Morgan fingerprint density at radius 1 is 1.42 bits per heavy atom. The molecule has 0 radical (unpaired) electrons. The normalized spacial score (nSPS) is 18.4. The van der Waals surface area contributed by atoms with Gasteiger partial charge in [0, 0.05) is 13.6 Å². The van der Waals surface area contributed by atoms with Crippen molar-refractivity contribution in [2.45, 2.75) is 52.5 Å². The molecule has 1 amide bonds. The van der Waals surface area contributed by atoms with E-state index < -0.39 is 0 Å². The zero-order valence-electron chi connectivity index (χ0n) is 14.8. The highest BCUT2D eigenvalue weighted by atomic mass is 16.5. The van der Waals surface area contributed by atoms with E-state index in [1.165, 1.54) is 0 Å². The summed E-state index contributed by atoms with van der Waals surface area (Å²) in [6, 6.07) is 1.77. The number of rotatable bonds is 4. The number of aryl methyl sites for hydroxylation is 2. The van der Waals surface area contributed by atoms with E-state index >= 15 is 0 Å². The Morgan fingerprint density at radius 3 is 2.88 bits per heavy atom. The molecule has 3 rings (SSSR count). The van der Waals surface area contributed by atoms with Crippen molar-refractivity contribution in [3.63, 3.8) is 0 Å². The second-order valence-electron chi connectivity index (χ2n) is 6.93. The van der Waals surface area contributed by atoms with Crippen LogP contribution in [0.5, 0.6) is 0 Å². The summed E-state index contributed by atoms with van der Waals surface area (Å²) in [6.07, 6.45) is 3.77. The Hall–Kier alpha value is -2.18. The maximum Gasteiger partial charge on any atom is 0.272 e. The Labute approximate surface area is 142 Å². The largest absolute Gasteiger partial charge is 0.337 e. The highest BCUT2D eigenvalue weighted by Gasteiger charge is 2.33. The van der Waals surface area contributed by atoms with E-state index in [0.717, 1.165) is 31.4 Å². The Kier molecular flexibility index (Phi) is 4.69. The van der Waals surface area contributed by atoms with E-state index in [-0.39, 0.29) is 11.9 Å². The molecular weight excluding hydrogens is 306 g/mol. The van der Waals surface area contributed by atoms with Gasteiger partial charge in [-0.2, -0.15) is 10.1 Å². The summed E-state index contributed by atoms with van der Waals surface area (Å²) in [5.74, 6) is 1.63. The molecule has 7 heteroatoms. The first-order valence-corrected chi connectivity index (χ1v) is 8.59. The average molecular weight is 331 g/mol. The molecule has 0 bridgehead atoms. The van der Waals surface area contributed by atoms with Crippen molar-refractivity contribution >= 4 is 5.91 Å². The van der Waals surface area contributed by atoms with Crippen LogP contribution in [0.3, 0.4) is 0 Å². The zero-order valence-corrected chi connectivity index (χ0v) is 14.8. The number of amides is 1. The lowest BCUT2D eigenvalue weighted by Gasteiger charge is -2.33. The first-order valence-electron chi connectivity index (χ1n) is 8.59. The minimum atomic E-state index is -0.143. The SMILES string of the molecule is Cc1noc([C@H]2CCCCN2C(=O)c2cc(CC(C)C)nn2C)n1. The molecule has 2 aromatic heterocycles. The average Bonchev–Trinajstić information content (AvgIpc) is 3.12. The van der Waals surface area contributed by atoms with Gasteiger partial charge < -0.3 is 9.42 Å². The molecule has 1 atom stereocenters. The lowest BCUT2D eigenvalue weighted by molar-refractivity contribution is 0.0550. The number of nitrogens with zero attached hydrogens (tertiary/aromatic N) is 5. The quantitative estimate of drug-likeness (QED) is 0.861. The Balaban J connectivity index is 1.85. The summed E-state index contributed by atoms with van der Waals surface area (Å²) in [5, 5.41) is 8.36. The summed E-state index contributed by atoms with van der Waals surface area (Å²) < 4.78 is 7.02. The van der Waals surface area contributed by atoms with Gasteiger partial charge >= 0.3 is 0 Å². The smallest absolute Gasteiger partial charge is 0.272 e. The minimum Gasteiger partial charge on any atom is -0.337 e. The predicted octanol–water partition coefficient (Wildman–Crippen LogP) is 2.68. The fourth-order valence-electron chi connectivity index (χ4n) is 3.27. The molecule has 1 aliphatic rings. The fraction of sp³-hybridized carbons (Fsp3) is 0.647. The van der Waals surface area contributed by atoms with Gasteiger partial charge in [-0.25, -0.2) is 0 Å². The van der Waals surface area contributed by atoms with Crippen LogP contribution in [0.2, 0.25) is 0 Å². The number of hydrogen-bond donors (Lipinski definition) is 0. The van der Waals surface area contributed by atoms with Crippen molar-refractivity contribution in [2.24, 2.45) is 13.0 Å². The minimum absolute atomic E-state index is 0.0134. The third kappa shape index (κ3) is 3.34. The van der Waals surface area contributed by atoms with Gasteiger partial charge in [-0.3, -0.25) is 9.48 Å². The first-order chi connectivity index (χ1) is 11.5. The first kappa shape index (κ1) is 16.7. The monoisotopic (exact) mass is 331 g/mol. The second-order valence-corrected chi connectivity index (χ2v) is 6.93. The van der Waals surface area contributed by atoms with Gasteiger partial charge in [0.2, 0.25) is 5.89 Å². The van der Waals surface area contributed by atoms with Gasteiger partial charge in [0.25, 0.3) is 5.91 Å². The molecule has 24 heavy (non-hydrogen) atoms. The molecule has 3 heterocycles. The van der Waals surface area contributed by atoms with E-state index in [1.54, 1.807) is 11.6 Å². The van der Waals surface area contributed by atoms with E-state index in [9.17, 15) is 4.79 Å². The van der Waals surface area contributed by atoms with Crippen molar-refractivity contribution in [3.8, 4) is 0 Å². The van der Waals surface area contributed by atoms with Gasteiger partial charge in [0.1, 0.15) is 11.7 Å². The molecule has 130 valence electrons. The molecule has 0 spiro atoms. The van der Waals surface area contributed by atoms with Crippen LogP contribution in [0.1, 0.15) is 67.0 Å². The molecule has 1 aliphatic heterocycles. The highest BCUT2D eigenvalue weighted by Crippen LogP contribution is 2.31. The topological polar surface area (TPSA) is 77.0 Å². The number of likely N-dealkylation sites (tertiary alicyclic amines) is 1. The van der Waals surface area contributed by atoms with E-state index in [2.05, 4.69) is 29.1 Å². The fourth-order valence-corrected chi connectivity index (χ4v) is 3.27. The van der Waals surface area contributed by atoms with E-state index in [0.29, 0.717) is 29.9 Å². The lowest BCUT2D eigenvalue weighted by Crippen LogP contribution is -2.39. The summed E-state index contributed by atoms with van der Waals surface area (Å²) in [7, 11) is 1.83. The van der Waals surface area contributed by atoms with Crippen molar-refractivity contribution in [1.82, 2.24) is 24.8 Å². The number of aromatic nitrogens is 4. The van der Waals surface area contributed by atoms with Crippen LogP contribution in [0.25, 0.3) is 0 Å². The third-order valence-corrected chi connectivity index (χ3v) is 4.36. The third-order valence-electron chi connectivity index (χ3n) is 4.36. The number of hydrogen-bond acceptors (Lipinski definition) is 5.